The van der Waals surface area contributed by atoms with E-state index in [-0.39, 0.29) is 11.9 Å². The van der Waals surface area contributed by atoms with E-state index in [1.165, 1.54) is 16.5 Å². The summed E-state index contributed by atoms with van der Waals surface area (Å²) in [4.78, 5) is 32.4. The number of piperazine rings is 1. The van der Waals surface area contributed by atoms with E-state index < -0.39 is 0 Å². The number of benzene rings is 2. The molecule has 0 aliphatic carbocycles. The summed E-state index contributed by atoms with van der Waals surface area (Å²) in [6.45, 7) is 6.98. The number of para-hydroxylation sites is 1. The first-order valence-electron chi connectivity index (χ1n) is 11.0. The van der Waals surface area contributed by atoms with Gasteiger partial charge in [-0.05, 0) is 49.1 Å². The van der Waals surface area contributed by atoms with Crippen LogP contribution in [0.3, 0.4) is 0 Å². The molecule has 0 atom stereocenters. The molecular formula is C25H30N4O2. The molecule has 0 radical (unpaired) electrons. The Labute approximate surface area is 183 Å². The molecule has 2 aromatic carbocycles. The number of hydrogen-bond acceptors (Lipinski definition) is 2. The van der Waals surface area contributed by atoms with Crippen LogP contribution in [0.4, 0.5) is 4.79 Å². The number of nitrogens with zero attached hydrogens (tertiary/aromatic N) is 2. The molecule has 0 unspecified atom stereocenters. The van der Waals surface area contributed by atoms with E-state index in [4.69, 9.17) is 0 Å². The lowest BCUT2D eigenvalue weighted by molar-refractivity contribution is 0.0665. The van der Waals surface area contributed by atoms with Crippen molar-refractivity contribution in [3.05, 3.63) is 70.9 Å². The van der Waals surface area contributed by atoms with Gasteiger partial charge in [-0.1, -0.05) is 37.3 Å². The molecule has 3 amide bonds. The third kappa shape index (κ3) is 4.58. The molecule has 4 rings (SSSR count). The van der Waals surface area contributed by atoms with Crippen molar-refractivity contribution in [1.29, 1.82) is 0 Å². The number of carbonyl (C=O) groups excluding carboxylic acids is 2. The van der Waals surface area contributed by atoms with Crippen molar-refractivity contribution < 1.29 is 9.59 Å². The van der Waals surface area contributed by atoms with E-state index in [1.807, 2.05) is 41.3 Å². The van der Waals surface area contributed by atoms with Crippen LogP contribution >= 0.6 is 0 Å². The van der Waals surface area contributed by atoms with Crippen LogP contribution in [0.15, 0.2) is 48.5 Å². The molecule has 0 saturated carbocycles. The van der Waals surface area contributed by atoms with Gasteiger partial charge in [-0.15, -0.1) is 0 Å². The van der Waals surface area contributed by atoms with Crippen LogP contribution in [0.5, 0.6) is 0 Å². The zero-order valence-corrected chi connectivity index (χ0v) is 18.3. The van der Waals surface area contributed by atoms with Gasteiger partial charge in [0, 0.05) is 54.9 Å². The van der Waals surface area contributed by atoms with Crippen molar-refractivity contribution in [3.63, 3.8) is 0 Å². The van der Waals surface area contributed by atoms with Crippen LogP contribution < -0.4 is 5.32 Å². The van der Waals surface area contributed by atoms with E-state index in [2.05, 4.69) is 36.3 Å². The predicted molar refractivity (Wildman–Crippen MR) is 123 cm³/mol. The van der Waals surface area contributed by atoms with Gasteiger partial charge in [0.15, 0.2) is 0 Å². The Morgan fingerprint density at radius 3 is 2.35 bits per heavy atom. The van der Waals surface area contributed by atoms with Gasteiger partial charge >= 0.3 is 6.03 Å². The van der Waals surface area contributed by atoms with Crippen molar-refractivity contribution in [2.24, 2.45) is 0 Å². The molecule has 1 fully saturated rings. The number of aromatic amines is 1. The van der Waals surface area contributed by atoms with Gasteiger partial charge in [-0.3, -0.25) is 4.79 Å². The summed E-state index contributed by atoms with van der Waals surface area (Å²) in [5.41, 5.74) is 5.46. The SMILES string of the molecule is CCc1ccc(C(=O)N2CCN(C(=O)NCCc3c(C)[nH]c4ccccc34)CC2)cc1. The monoisotopic (exact) mass is 418 g/mol. The van der Waals surface area contributed by atoms with Gasteiger partial charge in [-0.2, -0.15) is 0 Å². The van der Waals surface area contributed by atoms with E-state index in [9.17, 15) is 9.59 Å². The van der Waals surface area contributed by atoms with Crippen molar-refractivity contribution in [1.82, 2.24) is 20.1 Å². The summed E-state index contributed by atoms with van der Waals surface area (Å²) in [6.07, 6.45) is 1.75. The number of aryl methyl sites for hydroxylation is 2. The average Bonchev–Trinajstić information content (AvgIpc) is 3.13. The van der Waals surface area contributed by atoms with Crippen LogP contribution in [0.25, 0.3) is 10.9 Å². The highest BCUT2D eigenvalue weighted by Crippen LogP contribution is 2.22. The molecule has 1 saturated heterocycles. The molecule has 6 nitrogen and oxygen atoms in total. The van der Waals surface area contributed by atoms with Crippen LogP contribution in [0.2, 0.25) is 0 Å². The Bertz CT molecular complexity index is 1060. The normalized spacial score (nSPS) is 14.1. The van der Waals surface area contributed by atoms with Gasteiger partial charge in [-0.25, -0.2) is 4.79 Å². The van der Waals surface area contributed by atoms with Crippen LogP contribution in [-0.2, 0) is 12.8 Å². The third-order valence-corrected chi connectivity index (χ3v) is 6.14. The van der Waals surface area contributed by atoms with Crippen molar-refractivity contribution in [3.8, 4) is 0 Å². The number of carbonyl (C=O) groups is 2. The standard InChI is InChI=1S/C25H30N4O2/c1-3-19-8-10-20(11-9-19)24(30)28-14-16-29(17-15-28)25(31)26-13-12-21-18(2)27-23-7-5-4-6-22(21)23/h4-11,27H,3,12-17H2,1-2H3,(H,26,31). The van der Waals surface area contributed by atoms with Gasteiger partial charge < -0.3 is 20.1 Å². The Kier molecular flexibility index (Phi) is 6.26. The second kappa shape index (κ2) is 9.25. The number of rotatable bonds is 5. The third-order valence-electron chi connectivity index (χ3n) is 6.14. The lowest BCUT2D eigenvalue weighted by Gasteiger charge is -2.34. The molecule has 1 aromatic heterocycles. The lowest BCUT2D eigenvalue weighted by Crippen LogP contribution is -2.53. The largest absolute Gasteiger partial charge is 0.358 e. The topological polar surface area (TPSA) is 68.4 Å². The van der Waals surface area contributed by atoms with Crippen molar-refractivity contribution in [2.75, 3.05) is 32.7 Å². The molecule has 2 heterocycles. The first-order valence-corrected chi connectivity index (χ1v) is 11.0. The first-order chi connectivity index (χ1) is 15.1. The smallest absolute Gasteiger partial charge is 0.317 e. The summed E-state index contributed by atoms with van der Waals surface area (Å²) in [7, 11) is 0. The summed E-state index contributed by atoms with van der Waals surface area (Å²) >= 11 is 0. The Balaban J connectivity index is 1.26. The minimum atomic E-state index is -0.0584. The first kappa shape index (κ1) is 21.0. The average molecular weight is 419 g/mol. The van der Waals surface area contributed by atoms with Gasteiger partial charge in [0.1, 0.15) is 0 Å². The Hall–Kier alpha value is -3.28. The fourth-order valence-corrected chi connectivity index (χ4v) is 4.24. The predicted octanol–water partition coefficient (Wildman–Crippen LogP) is 3.75. The molecule has 0 bridgehead atoms. The number of aromatic nitrogens is 1. The number of amides is 3. The highest BCUT2D eigenvalue weighted by Gasteiger charge is 2.24. The molecule has 0 spiro atoms. The molecule has 1 aliphatic rings. The molecule has 162 valence electrons. The van der Waals surface area contributed by atoms with E-state index in [0.717, 1.165) is 24.1 Å². The van der Waals surface area contributed by atoms with Gasteiger partial charge in [0.25, 0.3) is 5.91 Å². The zero-order chi connectivity index (χ0) is 21.8. The van der Waals surface area contributed by atoms with Gasteiger partial charge in [0.05, 0.1) is 0 Å². The number of H-pyrrole nitrogens is 1. The molecule has 6 heteroatoms. The molecular weight excluding hydrogens is 388 g/mol. The minimum absolute atomic E-state index is 0.0394. The highest BCUT2D eigenvalue weighted by atomic mass is 16.2. The quantitative estimate of drug-likeness (QED) is 0.663. The fraction of sp³-hybridized carbons (Fsp3) is 0.360. The molecule has 1 aliphatic heterocycles. The zero-order valence-electron chi connectivity index (χ0n) is 18.3. The van der Waals surface area contributed by atoms with E-state index in [0.29, 0.717) is 38.3 Å². The highest BCUT2D eigenvalue weighted by molar-refractivity contribution is 5.94. The Morgan fingerprint density at radius 1 is 0.968 bits per heavy atom. The van der Waals surface area contributed by atoms with Crippen LogP contribution in [-0.4, -0.2) is 59.4 Å². The fourth-order valence-electron chi connectivity index (χ4n) is 4.24. The number of urea groups is 1. The minimum Gasteiger partial charge on any atom is -0.358 e. The van der Waals surface area contributed by atoms with Crippen molar-refractivity contribution >= 4 is 22.8 Å². The molecule has 31 heavy (non-hydrogen) atoms. The van der Waals surface area contributed by atoms with Crippen molar-refractivity contribution in [2.45, 2.75) is 26.7 Å². The van der Waals surface area contributed by atoms with E-state index >= 15 is 0 Å². The number of nitrogens with one attached hydrogen (secondary N) is 2. The number of hydrogen-bond donors (Lipinski definition) is 2. The maximum atomic E-state index is 12.7. The summed E-state index contributed by atoms with van der Waals surface area (Å²) < 4.78 is 0. The molecule has 3 aromatic rings. The summed E-state index contributed by atoms with van der Waals surface area (Å²) in [5, 5.41) is 4.26. The Morgan fingerprint density at radius 2 is 1.65 bits per heavy atom. The second-order valence-electron chi connectivity index (χ2n) is 8.09. The van der Waals surface area contributed by atoms with Gasteiger partial charge in [0.2, 0.25) is 0 Å². The maximum Gasteiger partial charge on any atom is 0.317 e. The maximum absolute atomic E-state index is 12.7. The summed E-state index contributed by atoms with van der Waals surface area (Å²) in [6, 6.07) is 16.0. The second-order valence-corrected chi connectivity index (χ2v) is 8.09. The number of fused-ring (bicyclic) bond motifs is 1. The van der Waals surface area contributed by atoms with Crippen LogP contribution in [0.1, 0.15) is 34.1 Å². The molecule has 2 N–H and O–H groups in total. The summed E-state index contributed by atoms with van der Waals surface area (Å²) in [5.74, 6) is 0.0394. The lowest BCUT2D eigenvalue weighted by atomic mass is 10.1. The van der Waals surface area contributed by atoms with Crippen LogP contribution in [0, 0.1) is 6.92 Å². The van der Waals surface area contributed by atoms with E-state index in [1.54, 1.807) is 4.90 Å².